The van der Waals surface area contributed by atoms with E-state index in [1.54, 1.807) is 7.11 Å². The molecule has 4 heteroatoms. The standard InChI is InChI=1S/C11H14O3S/c1-12-8-14-10-4-2-9(3-5-10)11-13-6-7-15-11/h2-5,11H,6-8H2,1H3. The van der Waals surface area contributed by atoms with Crippen molar-refractivity contribution in [2.24, 2.45) is 0 Å². The number of thioether (sulfide) groups is 1. The molecule has 1 fully saturated rings. The molecule has 0 bridgehead atoms. The van der Waals surface area contributed by atoms with Gasteiger partial charge in [0.15, 0.2) is 6.79 Å². The minimum atomic E-state index is 0.196. The molecule has 1 saturated heterocycles. The Balaban J connectivity index is 1.96. The summed E-state index contributed by atoms with van der Waals surface area (Å²) < 4.78 is 15.7. The summed E-state index contributed by atoms with van der Waals surface area (Å²) >= 11 is 1.83. The van der Waals surface area contributed by atoms with Crippen molar-refractivity contribution < 1.29 is 14.2 Å². The Labute approximate surface area is 93.7 Å². The molecule has 1 aromatic rings. The monoisotopic (exact) mass is 226 g/mol. The molecule has 0 saturated carbocycles. The second-order valence-electron chi connectivity index (χ2n) is 3.19. The Morgan fingerprint density at radius 1 is 1.40 bits per heavy atom. The molecular formula is C11H14O3S. The van der Waals surface area contributed by atoms with E-state index >= 15 is 0 Å². The van der Waals surface area contributed by atoms with Gasteiger partial charge in [-0.1, -0.05) is 12.1 Å². The van der Waals surface area contributed by atoms with Crippen molar-refractivity contribution in [2.75, 3.05) is 26.3 Å². The number of ether oxygens (including phenoxy) is 3. The van der Waals surface area contributed by atoms with Gasteiger partial charge in [-0.25, -0.2) is 0 Å². The number of benzene rings is 1. The maximum atomic E-state index is 5.56. The van der Waals surface area contributed by atoms with Gasteiger partial charge in [0.25, 0.3) is 0 Å². The van der Waals surface area contributed by atoms with Crippen LogP contribution in [0.1, 0.15) is 11.0 Å². The lowest BCUT2D eigenvalue weighted by atomic mass is 10.2. The van der Waals surface area contributed by atoms with Crippen LogP contribution >= 0.6 is 11.8 Å². The zero-order chi connectivity index (χ0) is 10.5. The highest BCUT2D eigenvalue weighted by Crippen LogP contribution is 2.35. The summed E-state index contributed by atoms with van der Waals surface area (Å²) in [6.07, 6.45) is 0. The van der Waals surface area contributed by atoms with Crippen molar-refractivity contribution >= 4 is 11.8 Å². The summed E-state index contributed by atoms with van der Waals surface area (Å²) in [5.41, 5.74) is 1.39. The van der Waals surface area contributed by atoms with E-state index in [2.05, 4.69) is 0 Å². The molecule has 1 aromatic carbocycles. The average molecular weight is 226 g/mol. The molecule has 0 amide bonds. The number of hydrogen-bond acceptors (Lipinski definition) is 4. The highest BCUT2D eigenvalue weighted by Gasteiger charge is 2.17. The van der Waals surface area contributed by atoms with Crippen molar-refractivity contribution in [3.8, 4) is 5.75 Å². The maximum Gasteiger partial charge on any atom is 0.188 e. The molecule has 3 nitrogen and oxygen atoms in total. The molecule has 2 rings (SSSR count). The van der Waals surface area contributed by atoms with Crippen LogP contribution in [0, 0.1) is 0 Å². The van der Waals surface area contributed by atoms with E-state index in [0.29, 0.717) is 0 Å². The molecule has 82 valence electrons. The maximum absolute atomic E-state index is 5.56. The first kappa shape index (κ1) is 10.8. The van der Waals surface area contributed by atoms with Crippen LogP contribution in [0.3, 0.4) is 0 Å². The zero-order valence-corrected chi connectivity index (χ0v) is 9.46. The molecule has 15 heavy (non-hydrogen) atoms. The zero-order valence-electron chi connectivity index (χ0n) is 8.64. The van der Waals surface area contributed by atoms with Crippen molar-refractivity contribution in [2.45, 2.75) is 5.44 Å². The summed E-state index contributed by atoms with van der Waals surface area (Å²) in [7, 11) is 1.61. The Kier molecular flexibility index (Phi) is 3.88. The summed E-state index contributed by atoms with van der Waals surface area (Å²) in [6.45, 7) is 1.13. The van der Waals surface area contributed by atoms with Gasteiger partial charge < -0.3 is 14.2 Å². The predicted octanol–water partition coefficient (Wildman–Crippen LogP) is 2.43. The molecule has 0 radical (unpaired) electrons. The lowest BCUT2D eigenvalue weighted by Crippen LogP contribution is -1.99. The van der Waals surface area contributed by atoms with E-state index in [4.69, 9.17) is 14.2 Å². The molecule has 1 heterocycles. The summed E-state index contributed by atoms with van der Waals surface area (Å²) in [5, 5.41) is 0. The van der Waals surface area contributed by atoms with E-state index in [1.807, 2.05) is 36.0 Å². The van der Waals surface area contributed by atoms with Gasteiger partial charge in [-0.15, -0.1) is 11.8 Å². The molecule has 0 spiro atoms. The van der Waals surface area contributed by atoms with E-state index in [1.165, 1.54) is 5.56 Å². The molecule has 0 N–H and O–H groups in total. The van der Waals surface area contributed by atoms with Crippen molar-refractivity contribution in [1.29, 1.82) is 0 Å². The summed E-state index contributed by atoms with van der Waals surface area (Å²) in [6, 6.07) is 7.95. The van der Waals surface area contributed by atoms with Gasteiger partial charge in [0, 0.05) is 12.9 Å². The first-order valence-corrected chi connectivity index (χ1v) is 5.90. The Hall–Kier alpha value is -0.710. The van der Waals surface area contributed by atoms with E-state index < -0.39 is 0 Å². The number of hydrogen-bond donors (Lipinski definition) is 0. The summed E-state index contributed by atoms with van der Waals surface area (Å²) in [5.74, 6) is 1.90. The smallest absolute Gasteiger partial charge is 0.188 e. The summed E-state index contributed by atoms with van der Waals surface area (Å²) in [4.78, 5) is 0. The van der Waals surface area contributed by atoms with E-state index in [0.717, 1.165) is 18.1 Å². The molecule has 0 aliphatic carbocycles. The fourth-order valence-corrected chi connectivity index (χ4v) is 2.35. The highest BCUT2D eigenvalue weighted by molar-refractivity contribution is 7.99. The average Bonchev–Trinajstić information content (AvgIpc) is 2.80. The normalized spacial score (nSPS) is 20.5. The third kappa shape index (κ3) is 2.87. The minimum absolute atomic E-state index is 0.196. The molecule has 0 aromatic heterocycles. The minimum Gasteiger partial charge on any atom is -0.468 e. The van der Waals surface area contributed by atoms with E-state index in [-0.39, 0.29) is 12.2 Å². The Morgan fingerprint density at radius 3 is 2.80 bits per heavy atom. The lowest BCUT2D eigenvalue weighted by Gasteiger charge is -2.10. The third-order valence-electron chi connectivity index (χ3n) is 2.12. The van der Waals surface area contributed by atoms with Crippen LogP contribution in [0.5, 0.6) is 5.75 Å². The largest absolute Gasteiger partial charge is 0.468 e. The topological polar surface area (TPSA) is 27.7 Å². The van der Waals surface area contributed by atoms with Crippen LogP contribution in [-0.2, 0) is 9.47 Å². The molecular weight excluding hydrogens is 212 g/mol. The quantitative estimate of drug-likeness (QED) is 0.737. The molecule has 1 unspecified atom stereocenters. The van der Waals surface area contributed by atoms with Gasteiger partial charge in [-0.3, -0.25) is 0 Å². The fraction of sp³-hybridized carbons (Fsp3) is 0.455. The Morgan fingerprint density at radius 2 is 2.20 bits per heavy atom. The van der Waals surface area contributed by atoms with Crippen molar-refractivity contribution in [1.82, 2.24) is 0 Å². The van der Waals surface area contributed by atoms with Gasteiger partial charge in [-0.2, -0.15) is 0 Å². The van der Waals surface area contributed by atoms with Gasteiger partial charge in [-0.05, 0) is 17.7 Å². The van der Waals surface area contributed by atoms with Gasteiger partial charge in [0.1, 0.15) is 11.2 Å². The molecule has 1 aliphatic heterocycles. The number of methoxy groups -OCH3 is 1. The van der Waals surface area contributed by atoms with Crippen LogP contribution in [0.25, 0.3) is 0 Å². The van der Waals surface area contributed by atoms with Crippen LogP contribution in [0.2, 0.25) is 0 Å². The van der Waals surface area contributed by atoms with Crippen LogP contribution in [0.15, 0.2) is 24.3 Å². The van der Waals surface area contributed by atoms with E-state index in [9.17, 15) is 0 Å². The van der Waals surface area contributed by atoms with Crippen LogP contribution in [0.4, 0.5) is 0 Å². The second kappa shape index (κ2) is 5.39. The molecule has 1 aliphatic rings. The third-order valence-corrected chi connectivity index (χ3v) is 3.23. The molecule has 1 atom stereocenters. The lowest BCUT2D eigenvalue weighted by molar-refractivity contribution is 0.0511. The fourth-order valence-electron chi connectivity index (χ4n) is 1.40. The predicted molar refractivity (Wildman–Crippen MR) is 60.1 cm³/mol. The van der Waals surface area contributed by atoms with Crippen molar-refractivity contribution in [3.63, 3.8) is 0 Å². The van der Waals surface area contributed by atoms with Crippen LogP contribution < -0.4 is 4.74 Å². The van der Waals surface area contributed by atoms with Gasteiger partial charge in [0.2, 0.25) is 0 Å². The van der Waals surface area contributed by atoms with Crippen molar-refractivity contribution in [3.05, 3.63) is 29.8 Å². The van der Waals surface area contributed by atoms with Gasteiger partial charge in [0.05, 0.1) is 6.61 Å². The SMILES string of the molecule is COCOc1ccc(C2OCCS2)cc1. The van der Waals surface area contributed by atoms with Gasteiger partial charge >= 0.3 is 0 Å². The van der Waals surface area contributed by atoms with Crippen LogP contribution in [-0.4, -0.2) is 26.3 Å². The second-order valence-corrected chi connectivity index (χ2v) is 4.36. The highest BCUT2D eigenvalue weighted by atomic mass is 32.2. The first-order chi connectivity index (χ1) is 7.40. The Bertz CT molecular complexity index is 293. The number of rotatable bonds is 4. The first-order valence-electron chi connectivity index (χ1n) is 4.85.